The van der Waals surface area contributed by atoms with Gasteiger partial charge in [0.1, 0.15) is 5.76 Å². The van der Waals surface area contributed by atoms with Gasteiger partial charge in [-0.05, 0) is 37.8 Å². The maximum atomic E-state index is 12.7. The van der Waals surface area contributed by atoms with Crippen molar-refractivity contribution in [3.8, 4) is 0 Å². The minimum absolute atomic E-state index is 0.0383. The first-order valence-electron chi connectivity index (χ1n) is 10.3. The molecule has 3 aliphatic heterocycles. The summed E-state index contributed by atoms with van der Waals surface area (Å²) in [6.07, 6.45) is 2.84. The van der Waals surface area contributed by atoms with Crippen LogP contribution < -0.4 is 5.32 Å². The van der Waals surface area contributed by atoms with Crippen molar-refractivity contribution in [1.82, 2.24) is 15.1 Å². The molecule has 1 aromatic heterocycles. The molecule has 148 valence electrons. The van der Waals surface area contributed by atoms with Crippen molar-refractivity contribution in [2.75, 3.05) is 32.7 Å². The summed E-state index contributed by atoms with van der Waals surface area (Å²) in [5, 5.41) is 3.34. The largest absolute Gasteiger partial charge is 0.456 e. The van der Waals surface area contributed by atoms with Crippen molar-refractivity contribution in [3.63, 3.8) is 0 Å². The molecule has 1 unspecified atom stereocenters. The van der Waals surface area contributed by atoms with Gasteiger partial charge in [-0.2, -0.15) is 0 Å². The number of nitrogens with one attached hydrogen (secondary N) is 1. The first-order chi connectivity index (χ1) is 12.9. The van der Waals surface area contributed by atoms with Crippen LogP contribution in [0.5, 0.6) is 0 Å². The number of nitrogens with zero attached hydrogens (tertiary/aromatic N) is 2. The standard InChI is InChI=1S/C21H31N3O3/c1-4-14(2)11-23-12-16-17(13-23)21(22-19(16)25)7-9-24(10-8-21)20(26)18-6-5-15(3)27-18/h5-6,14,16-17H,4,7-13H2,1-3H3,(H,22,25)/t14?,16-,17+/m1/s1. The van der Waals surface area contributed by atoms with Gasteiger partial charge in [0.15, 0.2) is 5.76 Å². The van der Waals surface area contributed by atoms with E-state index in [1.807, 2.05) is 17.9 Å². The van der Waals surface area contributed by atoms with Gasteiger partial charge >= 0.3 is 0 Å². The monoisotopic (exact) mass is 373 g/mol. The molecule has 3 aliphatic rings. The summed E-state index contributed by atoms with van der Waals surface area (Å²) in [6.45, 7) is 10.7. The van der Waals surface area contributed by atoms with E-state index in [0.717, 1.165) is 38.2 Å². The lowest BCUT2D eigenvalue weighted by atomic mass is 9.75. The molecule has 0 aliphatic carbocycles. The number of likely N-dealkylation sites (tertiary alicyclic amines) is 2. The zero-order valence-electron chi connectivity index (χ0n) is 16.7. The summed E-state index contributed by atoms with van der Waals surface area (Å²) < 4.78 is 5.50. The maximum Gasteiger partial charge on any atom is 0.289 e. The Balaban J connectivity index is 1.41. The molecule has 3 saturated heterocycles. The van der Waals surface area contributed by atoms with Crippen LogP contribution >= 0.6 is 0 Å². The van der Waals surface area contributed by atoms with Crippen molar-refractivity contribution in [2.45, 2.75) is 45.6 Å². The summed E-state index contributed by atoms with van der Waals surface area (Å²) in [7, 11) is 0. The van der Waals surface area contributed by atoms with Gasteiger partial charge in [0.05, 0.1) is 5.92 Å². The molecule has 0 aromatic carbocycles. The molecule has 4 heterocycles. The molecule has 1 spiro atoms. The predicted molar refractivity (Wildman–Crippen MR) is 102 cm³/mol. The van der Waals surface area contributed by atoms with Crippen molar-refractivity contribution in [2.24, 2.45) is 17.8 Å². The minimum Gasteiger partial charge on any atom is -0.456 e. The van der Waals surface area contributed by atoms with Crippen molar-refractivity contribution in [3.05, 3.63) is 23.7 Å². The van der Waals surface area contributed by atoms with Gasteiger partial charge in [0.25, 0.3) is 5.91 Å². The Kier molecular flexibility index (Phi) is 4.78. The molecule has 0 saturated carbocycles. The molecule has 3 fully saturated rings. The van der Waals surface area contributed by atoms with Crippen LogP contribution in [-0.4, -0.2) is 59.9 Å². The van der Waals surface area contributed by atoms with Crippen LogP contribution in [0.3, 0.4) is 0 Å². The highest BCUT2D eigenvalue weighted by atomic mass is 16.3. The number of furan rings is 1. The van der Waals surface area contributed by atoms with Crippen molar-refractivity contribution in [1.29, 1.82) is 0 Å². The zero-order valence-corrected chi connectivity index (χ0v) is 16.7. The third-order valence-corrected chi connectivity index (χ3v) is 6.98. The van der Waals surface area contributed by atoms with Crippen LogP contribution in [0.1, 0.15) is 49.4 Å². The molecule has 2 amide bonds. The summed E-state index contributed by atoms with van der Waals surface area (Å²) in [5.74, 6) is 2.50. The Morgan fingerprint density at radius 2 is 2.07 bits per heavy atom. The van der Waals surface area contributed by atoms with Gasteiger partial charge in [0, 0.05) is 44.2 Å². The fraction of sp³-hybridized carbons (Fsp3) is 0.714. The summed E-state index contributed by atoms with van der Waals surface area (Å²) >= 11 is 0. The van der Waals surface area contributed by atoms with Gasteiger partial charge in [-0.3, -0.25) is 9.59 Å². The van der Waals surface area contributed by atoms with Gasteiger partial charge < -0.3 is 19.5 Å². The number of carbonyl (C=O) groups excluding carboxylic acids is 2. The number of aryl methyl sites for hydroxylation is 1. The number of amides is 2. The third kappa shape index (κ3) is 3.28. The summed E-state index contributed by atoms with van der Waals surface area (Å²) in [5.41, 5.74) is -0.137. The molecule has 27 heavy (non-hydrogen) atoms. The van der Waals surface area contributed by atoms with E-state index in [4.69, 9.17) is 4.42 Å². The number of hydrogen-bond acceptors (Lipinski definition) is 4. The minimum atomic E-state index is -0.137. The predicted octanol–water partition coefficient (Wildman–Crippen LogP) is 2.29. The molecule has 1 N–H and O–H groups in total. The lowest BCUT2D eigenvalue weighted by Gasteiger charge is -2.42. The Labute approximate surface area is 161 Å². The second kappa shape index (κ2) is 6.97. The summed E-state index contributed by atoms with van der Waals surface area (Å²) in [6, 6.07) is 3.57. The quantitative estimate of drug-likeness (QED) is 0.879. The molecule has 0 radical (unpaired) electrons. The molecule has 3 atom stereocenters. The molecular formula is C21H31N3O3. The van der Waals surface area contributed by atoms with E-state index >= 15 is 0 Å². The normalized spacial score (nSPS) is 28.4. The second-order valence-corrected chi connectivity index (χ2v) is 8.79. The average molecular weight is 373 g/mol. The number of rotatable bonds is 4. The first-order valence-corrected chi connectivity index (χ1v) is 10.3. The lowest BCUT2D eigenvalue weighted by molar-refractivity contribution is -0.123. The molecule has 6 heteroatoms. The van der Waals surface area contributed by atoms with Gasteiger partial charge in [-0.15, -0.1) is 0 Å². The number of carbonyl (C=O) groups is 2. The Hall–Kier alpha value is -1.82. The fourth-order valence-electron chi connectivity index (χ4n) is 5.17. The molecule has 1 aromatic rings. The Morgan fingerprint density at radius 1 is 1.33 bits per heavy atom. The lowest BCUT2D eigenvalue weighted by Crippen LogP contribution is -2.56. The van der Waals surface area contributed by atoms with Crippen LogP contribution in [0.25, 0.3) is 0 Å². The van der Waals surface area contributed by atoms with Crippen molar-refractivity contribution < 1.29 is 14.0 Å². The highest BCUT2D eigenvalue weighted by Gasteiger charge is 2.57. The van der Waals surface area contributed by atoms with Gasteiger partial charge in [-0.1, -0.05) is 20.3 Å². The zero-order chi connectivity index (χ0) is 19.2. The smallest absolute Gasteiger partial charge is 0.289 e. The first kappa shape index (κ1) is 18.5. The Morgan fingerprint density at radius 3 is 2.70 bits per heavy atom. The van der Waals surface area contributed by atoms with Crippen LogP contribution in [-0.2, 0) is 4.79 Å². The van der Waals surface area contributed by atoms with Crippen LogP contribution in [0.15, 0.2) is 16.5 Å². The van der Waals surface area contributed by atoms with E-state index < -0.39 is 0 Å². The van der Waals surface area contributed by atoms with Crippen LogP contribution in [0.4, 0.5) is 0 Å². The highest BCUT2D eigenvalue weighted by Crippen LogP contribution is 2.44. The van der Waals surface area contributed by atoms with E-state index in [9.17, 15) is 9.59 Å². The number of piperidine rings is 1. The molecule has 0 bridgehead atoms. The molecule has 6 nitrogen and oxygen atoms in total. The van der Waals surface area contributed by atoms with E-state index in [1.54, 1.807) is 6.07 Å². The van der Waals surface area contributed by atoms with Crippen LogP contribution in [0.2, 0.25) is 0 Å². The Bertz CT molecular complexity index is 720. The second-order valence-electron chi connectivity index (χ2n) is 8.79. The molecular weight excluding hydrogens is 342 g/mol. The summed E-state index contributed by atoms with van der Waals surface area (Å²) in [4.78, 5) is 29.6. The van der Waals surface area contributed by atoms with Gasteiger partial charge in [0.2, 0.25) is 5.91 Å². The topological polar surface area (TPSA) is 65.8 Å². The van der Waals surface area contributed by atoms with E-state index in [-0.39, 0.29) is 23.3 Å². The van der Waals surface area contributed by atoms with Crippen molar-refractivity contribution >= 4 is 11.8 Å². The van der Waals surface area contributed by atoms with Crippen LogP contribution in [0, 0.1) is 24.7 Å². The highest BCUT2D eigenvalue weighted by molar-refractivity contribution is 5.91. The average Bonchev–Trinajstić information content (AvgIpc) is 3.33. The number of hydrogen-bond donors (Lipinski definition) is 1. The van der Waals surface area contributed by atoms with E-state index in [0.29, 0.717) is 30.7 Å². The number of fused-ring (bicyclic) bond motifs is 2. The van der Waals surface area contributed by atoms with Gasteiger partial charge in [-0.25, -0.2) is 0 Å². The van der Waals surface area contributed by atoms with E-state index in [2.05, 4.69) is 24.1 Å². The SMILES string of the molecule is CCC(C)CN1C[C@H]2C(=O)NC3(CCN(C(=O)c4ccc(C)o4)CC3)[C@H]2C1. The third-order valence-electron chi connectivity index (χ3n) is 6.98. The fourth-order valence-corrected chi connectivity index (χ4v) is 5.17. The van der Waals surface area contributed by atoms with E-state index in [1.165, 1.54) is 6.42 Å². The molecule has 4 rings (SSSR count). The maximum absolute atomic E-state index is 12.7.